The van der Waals surface area contributed by atoms with Crippen molar-refractivity contribution in [1.82, 2.24) is 9.88 Å². The summed E-state index contributed by atoms with van der Waals surface area (Å²) < 4.78 is 5.94. The van der Waals surface area contributed by atoms with E-state index in [4.69, 9.17) is 4.74 Å². The van der Waals surface area contributed by atoms with Crippen molar-refractivity contribution < 1.29 is 14.6 Å². The van der Waals surface area contributed by atoms with Crippen LogP contribution in [0, 0.1) is 0 Å². The van der Waals surface area contributed by atoms with Gasteiger partial charge < -0.3 is 14.7 Å². The number of fused-ring (bicyclic) bond motifs is 1. The number of rotatable bonds is 6. The molecule has 6 heteroatoms. The molecule has 4 aromatic rings. The maximum Gasteiger partial charge on any atom is 0.229 e. The molecule has 5 nitrogen and oxygen atoms in total. The molecule has 34 heavy (non-hydrogen) atoms. The summed E-state index contributed by atoms with van der Waals surface area (Å²) in [5.41, 5.74) is 6.33. The van der Waals surface area contributed by atoms with Crippen LogP contribution in [0.15, 0.2) is 89.8 Å². The first kappa shape index (κ1) is 22.3. The number of aliphatic hydroxyl groups is 1. The van der Waals surface area contributed by atoms with E-state index in [-0.39, 0.29) is 18.2 Å². The van der Waals surface area contributed by atoms with Gasteiger partial charge in [0.25, 0.3) is 0 Å². The van der Waals surface area contributed by atoms with Crippen LogP contribution in [0.5, 0.6) is 5.75 Å². The molecular formula is C28H26N2O3S. The summed E-state index contributed by atoms with van der Waals surface area (Å²) in [5, 5.41) is 13.5. The van der Waals surface area contributed by atoms with Gasteiger partial charge in [0.2, 0.25) is 5.91 Å². The van der Waals surface area contributed by atoms with Gasteiger partial charge in [-0.1, -0.05) is 66.7 Å². The van der Waals surface area contributed by atoms with Crippen LogP contribution in [0.2, 0.25) is 0 Å². The standard InChI is InChI=1S/C28H26N2O3S/c31-26(16-24-18-34-19-29-24)30-13-14-33-25-12-11-22(15-23(25)17-30)28(32)27(20-7-3-1-4-8-20)21-9-5-2-6-10-21/h1-12,15,18-19,27-28,32H,13-14,16-17H2/t28-/m0/s1. The van der Waals surface area contributed by atoms with Gasteiger partial charge in [-0.2, -0.15) is 0 Å². The minimum Gasteiger partial charge on any atom is -0.491 e. The summed E-state index contributed by atoms with van der Waals surface area (Å²) in [4.78, 5) is 19.0. The molecule has 0 unspecified atom stereocenters. The zero-order valence-corrected chi connectivity index (χ0v) is 19.5. The van der Waals surface area contributed by atoms with Crippen LogP contribution >= 0.6 is 11.3 Å². The number of hydrogen-bond donors (Lipinski definition) is 1. The molecule has 0 aliphatic carbocycles. The van der Waals surface area contributed by atoms with Crippen LogP contribution in [-0.4, -0.2) is 34.0 Å². The van der Waals surface area contributed by atoms with E-state index in [1.807, 2.05) is 89.1 Å². The molecule has 1 atom stereocenters. The lowest BCUT2D eigenvalue weighted by Gasteiger charge is -2.25. The molecule has 172 valence electrons. The first-order chi connectivity index (χ1) is 16.7. The molecule has 0 spiro atoms. The first-order valence-corrected chi connectivity index (χ1v) is 12.3. The number of thiazole rings is 1. The molecule has 1 aromatic heterocycles. The Morgan fingerprint density at radius 1 is 1.00 bits per heavy atom. The van der Waals surface area contributed by atoms with Crippen molar-refractivity contribution in [3.8, 4) is 5.75 Å². The molecule has 2 heterocycles. The number of carbonyl (C=O) groups excluding carboxylic acids is 1. The van der Waals surface area contributed by atoms with Gasteiger partial charge in [0.1, 0.15) is 12.4 Å². The lowest BCUT2D eigenvalue weighted by atomic mass is 9.83. The highest BCUT2D eigenvalue weighted by atomic mass is 32.1. The van der Waals surface area contributed by atoms with Gasteiger partial charge in [0, 0.05) is 23.4 Å². The zero-order valence-electron chi connectivity index (χ0n) is 18.7. The number of benzene rings is 3. The van der Waals surface area contributed by atoms with Gasteiger partial charge in [-0.25, -0.2) is 4.98 Å². The van der Waals surface area contributed by atoms with Gasteiger partial charge in [-0.3, -0.25) is 4.79 Å². The Kier molecular flexibility index (Phi) is 6.70. The number of ether oxygens (including phenoxy) is 1. The Bertz CT molecular complexity index is 1190. The first-order valence-electron chi connectivity index (χ1n) is 11.4. The molecule has 3 aromatic carbocycles. The molecule has 1 aliphatic rings. The van der Waals surface area contributed by atoms with E-state index in [0.717, 1.165) is 33.7 Å². The topological polar surface area (TPSA) is 62.7 Å². The summed E-state index contributed by atoms with van der Waals surface area (Å²) in [7, 11) is 0. The monoisotopic (exact) mass is 470 g/mol. The van der Waals surface area contributed by atoms with Crippen LogP contribution < -0.4 is 4.74 Å². The third-order valence-electron chi connectivity index (χ3n) is 6.21. The number of aliphatic hydroxyl groups excluding tert-OH is 1. The van der Waals surface area contributed by atoms with E-state index >= 15 is 0 Å². The number of nitrogens with zero attached hydrogens (tertiary/aromatic N) is 2. The average molecular weight is 471 g/mol. The molecule has 0 bridgehead atoms. The Balaban J connectivity index is 1.43. The quantitative estimate of drug-likeness (QED) is 0.432. The highest BCUT2D eigenvalue weighted by Gasteiger charge is 2.27. The molecule has 1 aliphatic heterocycles. The van der Waals surface area contributed by atoms with Gasteiger partial charge in [0.15, 0.2) is 0 Å². The number of amides is 1. The summed E-state index contributed by atoms with van der Waals surface area (Å²) in [5.74, 6) is 0.574. The highest BCUT2D eigenvalue weighted by Crippen LogP contribution is 2.38. The lowest BCUT2D eigenvalue weighted by Crippen LogP contribution is -2.33. The summed E-state index contributed by atoms with van der Waals surface area (Å²) in [6.07, 6.45) is -0.469. The maximum atomic E-state index is 12.9. The van der Waals surface area contributed by atoms with Crippen molar-refractivity contribution >= 4 is 17.2 Å². The number of carbonyl (C=O) groups is 1. The van der Waals surface area contributed by atoms with E-state index in [1.165, 1.54) is 11.3 Å². The van der Waals surface area contributed by atoms with E-state index in [0.29, 0.717) is 19.7 Å². The number of aromatic nitrogens is 1. The van der Waals surface area contributed by atoms with Crippen molar-refractivity contribution in [2.45, 2.75) is 25.0 Å². The van der Waals surface area contributed by atoms with Crippen molar-refractivity contribution in [3.05, 3.63) is 118 Å². The fourth-order valence-electron chi connectivity index (χ4n) is 4.47. The van der Waals surface area contributed by atoms with Crippen LogP contribution in [0.25, 0.3) is 0 Å². The molecule has 5 rings (SSSR count). The second-order valence-electron chi connectivity index (χ2n) is 8.43. The Morgan fingerprint density at radius 2 is 1.71 bits per heavy atom. The molecule has 0 fully saturated rings. The summed E-state index contributed by atoms with van der Waals surface area (Å²) in [6, 6.07) is 26.0. The van der Waals surface area contributed by atoms with Gasteiger partial charge >= 0.3 is 0 Å². The van der Waals surface area contributed by atoms with Gasteiger partial charge in [0.05, 0.1) is 30.3 Å². The minimum atomic E-state index is -0.752. The van der Waals surface area contributed by atoms with Crippen molar-refractivity contribution in [1.29, 1.82) is 0 Å². The smallest absolute Gasteiger partial charge is 0.229 e. The van der Waals surface area contributed by atoms with Crippen molar-refractivity contribution in [2.75, 3.05) is 13.2 Å². The molecular weight excluding hydrogens is 444 g/mol. The van der Waals surface area contributed by atoms with Gasteiger partial charge in [-0.05, 0) is 28.8 Å². The molecule has 1 amide bonds. The zero-order chi connectivity index (χ0) is 23.3. The Morgan fingerprint density at radius 3 is 2.35 bits per heavy atom. The third-order valence-corrected chi connectivity index (χ3v) is 6.84. The predicted octanol–water partition coefficient (Wildman–Crippen LogP) is 4.97. The van der Waals surface area contributed by atoms with E-state index in [1.54, 1.807) is 5.51 Å². The molecule has 0 saturated carbocycles. The normalized spacial score (nSPS) is 14.2. The van der Waals surface area contributed by atoms with Crippen LogP contribution in [0.3, 0.4) is 0 Å². The fraction of sp³-hybridized carbons (Fsp3) is 0.214. The summed E-state index contributed by atoms with van der Waals surface area (Å²) in [6.45, 7) is 1.40. The second kappa shape index (κ2) is 10.2. The molecule has 0 saturated heterocycles. The maximum absolute atomic E-state index is 12.9. The summed E-state index contributed by atoms with van der Waals surface area (Å²) >= 11 is 1.49. The van der Waals surface area contributed by atoms with E-state index in [2.05, 4.69) is 4.98 Å². The number of hydrogen-bond acceptors (Lipinski definition) is 5. The predicted molar refractivity (Wildman–Crippen MR) is 133 cm³/mol. The van der Waals surface area contributed by atoms with Gasteiger partial charge in [-0.15, -0.1) is 11.3 Å². The average Bonchev–Trinajstić information content (AvgIpc) is 3.29. The van der Waals surface area contributed by atoms with Crippen molar-refractivity contribution in [2.24, 2.45) is 0 Å². The molecule has 1 N–H and O–H groups in total. The van der Waals surface area contributed by atoms with E-state index < -0.39 is 6.10 Å². The molecule has 0 radical (unpaired) electrons. The Hall–Kier alpha value is -3.48. The van der Waals surface area contributed by atoms with Crippen LogP contribution in [0.1, 0.15) is 40.0 Å². The third kappa shape index (κ3) is 4.88. The SMILES string of the molecule is O=C(Cc1cscn1)N1CCOc2ccc([C@H](O)C(c3ccccc3)c3ccccc3)cc2C1. The fourth-order valence-corrected chi connectivity index (χ4v) is 5.03. The Labute approximate surface area is 203 Å². The highest BCUT2D eigenvalue weighted by molar-refractivity contribution is 7.07. The van der Waals surface area contributed by atoms with Crippen LogP contribution in [-0.2, 0) is 17.8 Å². The largest absolute Gasteiger partial charge is 0.491 e. The minimum absolute atomic E-state index is 0.0275. The lowest BCUT2D eigenvalue weighted by molar-refractivity contribution is -0.131. The second-order valence-corrected chi connectivity index (χ2v) is 9.15. The van der Waals surface area contributed by atoms with Crippen molar-refractivity contribution in [3.63, 3.8) is 0 Å². The van der Waals surface area contributed by atoms with Crippen LogP contribution in [0.4, 0.5) is 0 Å². The van der Waals surface area contributed by atoms with E-state index in [9.17, 15) is 9.90 Å².